The Hall–Kier alpha value is -3.23. The summed E-state index contributed by atoms with van der Waals surface area (Å²) in [6, 6.07) is 13.6. The van der Waals surface area contributed by atoms with Gasteiger partial charge in [-0.15, -0.1) is 0 Å². The van der Waals surface area contributed by atoms with Gasteiger partial charge in [0.05, 0.1) is 16.0 Å². The van der Waals surface area contributed by atoms with Gasteiger partial charge in [-0.25, -0.2) is 22.7 Å². The van der Waals surface area contributed by atoms with Gasteiger partial charge in [-0.1, -0.05) is 65.0 Å². The fourth-order valence-electron chi connectivity index (χ4n) is 13.9. The van der Waals surface area contributed by atoms with Crippen molar-refractivity contribution in [2.45, 2.75) is 131 Å². The number of nitrogens with one attached hydrogen (secondary N) is 1. The van der Waals surface area contributed by atoms with Crippen molar-refractivity contribution in [2.24, 2.45) is 56.7 Å². The molecular formula is C48H65NO6S. The lowest BCUT2D eigenvalue weighted by molar-refractivity contribution is -0.224. The molecule has 5 aliphatic rings. The van der Waals surface area contributed by atoms with Crippen molar-refractivity contribution in [1.29, 1.82) is 0 Å². The largest absolute Gasteiger partial charge is 0.478 e. The first kappa shape index (κ1) is 40.9. The summed E-state index contributed by atoms with van der Waals surface area (Å²) in [7, 11) is -3.82. The summed E-state index contributed by atoms with van der Waals surface area (Å²) in [6.45, 7) is 25.5. The number of hydrogen-bond donors (Lipinski definition) is 2. The Morgan fingerprint density at radius 2 is 1.48 bits per heavy atom. The second kappa shape index (κ2) is 13.7. The van der Waals surface area contributed by atoms with E-state index in [2.05, 4.69) is 71.1 Å². The molecule has 2 aromatic rings. The average Bonchev–Trinajstić information content (AvgIpc) is 3.51. The Morgan fingerprint density at radius 1 is 0.839 bits per heavy atom. The van der Waals surface area contributed by atoms with E-state index in [9.17, 15) is 23.1 Å². The van der Waals surface area contributed by atoms with Crippen LogP contribution < -0.4 is 4.72 Å². The molecule has 4 fully saturated rings. The van der Waals surface area contributed by atoms with Gasteiger partial charge in [-0.3, -0.25) is 0 Å². The molecule has 56 heavy (non-hydrogen) atoms. The van der Waals surface area contributed by atoms with Crippen LogP contribution in [0.2, 0.25) is 0 Å². The molecular weight excluding hydrogens is 719 g/mol. The summed E-state index contributed by atoms with van der Waals surface area (Å²) in [4.78, 5) is 24.3. The number of hydrogen-bond acceptors (Lipinski definition) is 5. The van der Waals surface area contributed by atoms with Crippen LogP contribution in [0.3, 0.4) is 0 Å². The van der Waals surface area contributed by atoms with Gasteiger partial charge in [0.2, 0.25) is 10.0 Å². The van der Waals surface area contributed by atoms with Gasteiger partial charge in [0, 0.05) is 6.54 Å². The van der Waals surface area contributed by atoms with Crippen molar-refractivity contribution in [1.82, 2.24) is 4.72 Å². The number of carbonyl (C=O) groups excluding carboxylic acids is 1. The fourth-order valence-corrected chi connectivity index (χ4v) is 15.0. The molecule has 304 valence electrons. The summed E-state index contributed by atoms with van der Waals surface area (Å²) in [5.74, 6) is 0.938. The highest BCUT2D eigenvalue weighted by atomic mass is 32.2. The van der Waals surface area contributed by atoms with Crippen LogP contribution in [0, 0.1) is 56.7 Å². The van der Waals surface area contributed by atoms with Crippen LogP contribution in [-0.4, -0.2) is 37.6 Å². The molecule has 9 atom stereocenters. The second-order valence-electron chi connectivity index (χ2n) is 20.8. The molecule has 0 saturated heterocycles. The van der Waals surface area contributed by atoms with Crippen LogP contribution in [0.5, 0.6) is 0 Å². The molecule has 0 aromatic heterocycles. The number of allylic oxidation sites excluding steroid dienone is 3. The van der Waals surface area contributed by atoms with E-state index in [4.69, 9.17) is 4.74 Å². The summed E-state index contributed by atoms with van der Waals surface area (Å²) in [5.41, 5.74) is 4.15. The lowest BCUT2D eigenvalue weighted by atomic mass is 9.32. The molecule has 8 heteroatoms. The van der Waals surface area contributed by atoms with Crippen molar-refractivity contribution in [2.75, 3.05) is 6.54 Å². The highest BCUT2D eigenvalue weighted by molar-refractivity contribution is 7.89. The SMILES string of the molecule is C=C(C)[C@@H]1CC[C@]2(CNS(=O)(=O)c3ccc(C(=O)O)cc3)CC[C@]3(C)[C@H](CC[C@@H]4[C@@]5(C)CC=C(c6ccc(C(=O)OC(C)(C)C)cc6)C(C)(C)[C@@H]5CC[C@]43C)[C@@H]12. The van der Waals surface area contributed by atoms with Gasteiger partial charge in [0.15, 0.2) is 0 Å². The number of carboxylic acids is 1. The molecule has 7 nitrogen and oxygen atoms in total. The second-order valence-corrected chi connectivity index (χ2v) is 22.6. The molecule has 2 aromatic carbocycles. The van der Waals surface area contributed by atoms with Crippen LogP contribution in [0.4, 0.5) is 0 Å². The number of carboxylic acid groups (broad SMARTS) is 1. The number of fused-ring (bicyclic) bond motifs is 7. The number of esters is 1. The monoisotopic (exact) mass is 783 g/mol. The van der Waals surface area contributed by atoms with Gasteiger partial charge >= 0.3 is 11.9 Å². The van der Waals surface area contributed by atoms with Crippen molar-refractivity contribution >= 4 is 27.5 Å². The van der Waals surface area contributed by atoms with Gasteiger partial charge in [-0.2, -0.15) is 0 Å². The summed E-state index contributed by atoms with van der Waals surface area (Å²) >= 11 is 0. The average molecular weight is 784 g/mol. The summed E-state index contributed by atoms with van der Waals surface area (Å²) in [6.07, 6.45) is 12.4. The first-order valence-corrected chi connectivity index (χ1v) is 22.5. The van der Waals surface area contributed by atoms with E-state index in [1.165, 1.54) is 60.2 Å². The highest BCUT2D eigenvalue weighted by Crippen LogP contribution is 2.77. The lowest BCUT2D eigenvalue weighted by Crippen LogP contribution is -2.66. The molecule has 0 radical (unpaired) electrons. The third-order valence-electron chi connectivity index (χ3n) is 16.7. The smallest absolute Gasteiger partial charge is 0.338 e. The Balaban J connectivity index is 1.15. The van der Waals surface area contributed by atoms with Crippen molar-refractivity contribution in [3.63, 3.8) is 0 Å². The van der Waals surface area contributed by atoms with Crippen molar-refractivity contribution in [3.8, 4) is 0 Å². The molecule has 0 bridgehead atoms. The van der Waals surface area contributed by atoms with E-state index in [0.717, 1.165) is 38.5 Å². The minimum Gasteiger partial charge on any atom is -0.478 e. The zero-order chi connectivity index (χ0) is 40.9. The first-order valence-electron chi connectivity index (χ1n) is 21.0. The number of ether oxygens (including phenoxy) is 1. The Morgan fingerprint density at radius 3 is 2.09 bits per heavy atom. The summed E-state index contributed by atoms with van der Waals surface area (Å²) < 4.78 is 36.0. The maximum absolute atomic E-state index is 13.7. The molecule has 4 saturated carbocycles. The topological polar surface area (TPSA) is 110 Å². The zero-order valence-electron chi connectivity index (χ0n) is 35.3. The minimum atomic E-state index is -3.82. The Kier molecular flexibility index (Phi) is 10.0. The predicted molar refractivity (Wildman–Crippen MR) is 223 cm³/mol. The normalized spacial score (nSPS) is 36.2. The Bertz CT molecular complexity index is 2040. The lowest BCUT2D eigenvalue weighted by Gasteiger charge is -2.72. The van der Waals surface area contributed by atoms with Crippen molar-refractivity contribution < 1.29 is 27.9 Å². The molecule has 0 unspecified atom stereocenters. The minimum absolute atomic E-state index is 0.0388. The van der Waals surface area contributed by atoms with E-state index >= 15 is 0 Å². The highest BCUT2D eigenvalue weighted by Gasteiger charge is 2.70. The Labute approximate surface area is 336 Å². The van der Waals surface area contributed by atoms with Crippen LogP contribution in [0.1, 0.15) is 146 Å². The fraction of sp³-hybridized carbons (Fsp3) is 0.625. The third-order valence-corrected chi connectivity index (χ3v) is 18.1. The van der Waals surface area contributed by atoms with Gasteiger partial charge in [0.1, 0.15) is 5.60 Å². The number of aromatic carboxylic acids is 1. The summed E-state index contributed by atoms with van der Waals surface area (Å²) in [5, 5.41) is 9.34. The molecule has 0 heterocycles. The zero-order valence-corrected chi connectivity index (χ0v) is 36.1. The number of rotatable bonds is 8. The van der Waals surface area contributed by atoms with E-state index in [0.29, 0.717) is 41.7 Å². The molecule has 5 aliphatic carbocycles. The first-order chi connectivity index (χ1) is 26.0. The molecule has 0 spiro atoms. The van der Waals surface area contributed by atoms with Crippen LogP contribution in [-0.2, 0) is 14.8 Å². The maximum Gasteiger partial charge on any atom is 0.338 e. The van der Waals surface area contributed by atoms with E-state index in [1.54, 1.807) is 0 Å². The van der Waals surface area contributed by atoms with Crippen molar-refractivity contribution in [3.05, 3.63) is 83.4 Å². The standard InChI is InChI=1S/C48H65NO6S/c1-30(2)35-21-26-48(29-49-56(53,54)34-17-15-32(16-18-34)41(50)51)28-27-46(9)37(40(35)48)19-20-39-45(8)24-22-36(44(6,7)38(45)23-25-47(39,46)10)31-11-13-33(14-12-31)42(52)55-43(3,4)5/h11-18,22,35,37-40,49H,1,19-21,23-29H2,2-10H3,(H,50,51)/t35-,37+,38-,39+,40+,45-,46+,47+,48+/m0/s1. The van der Waals surface area contributed by atoms with E-state index in [-0.39, 0.29) is 43.5 Å². The molecule has 7 rings (SSSR count). The van der Waals surface area contributed by atoms with Crippen LogP contribution >= 0.6 is 0 Å². The number of sulfonamides is 1. The number of carbonyl (C=O) groups is 2. The van der Waals surface area contributed by atoms with Crippen LogP contribution in [0.25, 0.3) is 5.57 Å². The molecule has 2 N–H and O–H groups in total. The maximum atomic E-state index is 13.7. The van der Waals surface area contributed by atoms with Gasteiger partial charge < -0.3 is 9.84 Å². The van der Waals surface area contributed by atoms with E-state index in [1.807, 2.05) is 32.9 Å². The number of benzene rings is 2. The molecule has 0 amide bonds. The van der Waals surface area contributed by atoms with E-state index < -0.39 is 21.6 Å². The third kappa shape index (κ3) is 6.44. The quantitative estimate of drug-likeness (QED) is 0.204. The van der Waals surface area contributed by atoms with Crippen LogP contribution in [0.15, 0.2) is 71.7 Å². The van der Waals surface area contributed by atoms with Gasteiger partial charge in [0.25, 0.3) is 0 Å². The van der Waals surface area contributed by atoms with Gasteiger partial charge in [-0.05, 0) is 190 Å². The predicted octanol–water partition coefficient (Wildman–Crippen LogP) is 11.0. The molecule has 0 aliphatic heterocycles.